The van der Waals surface area contributed by atoms with E-state index in [-0.39, 0.29) is 0 Å². The summed E-state index contributed by atoms with van der Waals surface area (Å²) in [5.41, 5.74) is 5.57. The van der Waals surface area contributed by atoms with Crippen LogP contribution in [0.25, 0.3) is 0 Å². The Bertz CT molecular complexity index is 260. The van der Waals surface area contributed by atoms with Crippen molar-refractivity contribution in [3.8, 4) is 5.75 Å². The minimum Gasteiger partial charge on any atom is -0.492 e. The average molecular weight is 214 g/mol. The minimum absolute atomic E-state index is 0.570. The molecular formula is C10H18N2OS. The van der Waals surface area contributed by atoms with E-state index in [1.54, 1.807) is 11.3 Å². The summed E-state index contributed by atoms with van der Waals surface area (Å²) >= 11 is 1.65. The quantitative estimate of drug-likeness (QED) is 0.730. The third-order valence-electron chi connectivity index (χ3n) is 1.90. The number of hydrogen-bond donors (Lipinski definition) is 1. The maximum Gasteiger partial charge on any atom is 0.134 e. The number of nitrogens with zero attached hydrogens (tertiary/aromatic N) is 1. The van der Waals surface area contributed by atoms with E-state index in [0.29, 0.717) is 6.54 Å². The number of nitrogens with two attached hydrogens (primary N) is 1. The van der Waals surface area contributed by atoms with E-state index in [4.69, 9.17) is 10.5 Å². The molecule has 1 aromatic rings. The van der Waals surface area contributed by atoms with Gasteiger partial charge in [-0.3, -0.25) is 0 Å². The van der Waals surface area contributed by atoms with Gasteiger partial charge in [0.1, 0.15) is 5.75 Å². The van der Waals surface area contributed by atoms with Crippen LogP contribution in [0.2, 0.25) is 0 Å². The Hall–Kier alpha value is -0.580. The van der Waals surface area contributed by atoms with E-state index >= 15 is 0 Å². The van der Waals surface area contributed by atoms with Crippen LogP contribution in [-0.4, -0.2) is 32.1 Å². The van der Waals surface area contributed by atoms with Gasteiger partial charge in [0.2, 0.25) is 0 Å². The van der Waals surface area contributed by atoms with Gasteiger partial charge < -0.3 is 15.4 Å². The molecule has 0 bridgehead atoms. The lowest BCUT2D eigenvalue weighted by molar-refractivity contribution is 0.280. The highest BCUT2D eigenvalue weighted by atomic mass is 32.1. The second-order valence-electron chi connectivity index (χ2n) is 3.42. The van der Waals surface area contributed by atoms with Crippen LogP contribution in [0.3, 0.4) is 0 Å². The predicted octanol–water partition coefficient (Wildman–Crippen LogP) is 1.54. The van der Waals surface area contributed by atoms with Crippen LogP contribution in [-0.2, 0) is 6.54 Å². The SMILES string of the molecule is CN(C)CCCOc1ccsc1CN. The predicted molar refractivity (Wildman–Crippen MR) is 60.9 cm³/mol. The monoisotopic (exact) mass is 214 g/mol. The summed E-state index contributed by atoms with van der Waals surface area (Å²) in [5.74, 6) is 0.955. The van der Waals surface area contributed by atoms with Crippen molar-refractivity contribution in [1.82, 2.24) is 4.90 Å². The average Bonchev–Trinajstić information content (AvgIpc) is 2.59. The highest BCUT2D eigenvalue weighted by molar-refractivity contribution is 7.10. The zero-order valence-corrected chi connectivity index (χ0v) is 9.64. The highest BCUT2D eigenvalue weighted by Gasteiger charge is 2.02. The van der Waals surface area contributed by atoms with Gasteiger partial charge >= 0.3 is 0 Å². The molecule has 0 fully saturated rings. The molecule has 3 nitrogen and oxygen atoms in total. The lowest BCUT2D eigenvalue weighted by atomic mass is 10.4. The maximum atomic E-state index is 5.62. The van der Waals surface area contributed by atoms with Crippen LogP contribution in [0.5, 0.6) is 5.75 Å². The Kier molecular flexibility index (Phi) is 4.93. The summed E-state index contributed by atoms with van der Waals surface area (Å²) in [6, 6.07) is 1.99. The molecule has 0 aliphatic heterocycles. The smallest absolute Gasteiger partial charge is 0.134 e. The van der Waals surface area contributed by atoms with E-state index in [9.17, 15) is 0 Å². The third-order valence-corrected chi connectivity index (χ3v) is 2.82. The van der Waals surface area contributed by atoms with E-state index in [0.717, 1.165) is 30.2 Å². The maximum absolute atomic E-state index is 5.62. The molecule has 1 aromatic heterocycles. The van der Waals surface area contributed by atoms with Crippen molar-refractivity contribution in [1.29, 1.82) is 0 Å². The lowest BCUT2D eigenvalue weighted by Gasteiger charge is -2.10. The molecule has 0 aliphatic rings. The van der Waals surface area contributed by atoms with Gasteiger partial charge in [-0.2, -0.15) is 0 Å². The Morgan fingerprint density at radius 1 is 1.50 bits per heavy atom. The molecule has 14 heavy (non-hydrogen) atoms. The van der Waals surface area contributed by atoms with Crippen molar-refractivity contribution >= 4 is 11.3 Å². The summed E-state index contributed by atoms with van der Waals surface area (Å²) in [7, 11) is 4.13. The van der Waals surface area contributed by atoms with Gasteiger partial charge in [-0.15, -0.1) is 11.3 Å². The van der Waals surface area contributed by atoms with Gasteiger partial charge in [0.25, 0.3) is 0 Å². The molecule has 0 saturated heterocycles. The van der Waals surface area contributed by atoms with E-state index in [2.05, 4.69) is 19.0 Å². The van der Waals surface area contributed by atoms with Crippen molar-refractivity contribution in [2.24, 2.45) is 5.73 Å². The Balaban J connectivity index is 2.24. The van der Waals surface area contributed by atoms with Crippen LogP contribution in [0.1, 0.15) is 11.3 Å². The Morgan fingerprint density at radius 3 is 2.93 bits per heavy atom. The first-order valence-electron chi connectivity index (χ1n) is 4.78. The normalized spacial score (nSPS) is 10.9. The molecule has 0 amide bonds. The van der Waals surface area contributed by atoms with Gasteiger partial charge in [-0.25, -0.2) is 0 Å². The zero-order chi connectivity index (χ0) is 10.4. The molecule has 0 spiro atoms. The first kappa shape index (κ1) is 11.5. The highest BCUT2D eigenvalue weighted by Crippen LogP contribution is 2.23. The second kappa shape index (κ2) is 6.01. The second-order valence-corrected chi connectivity index (χ2v) is 4.42. The zero-order valence-electron chi connectivity index (χ0n) is 8.82. The van der Waals surface area contributed by atoms with Gasteiger partial charge in [0.05, 0.1) is 11.5 Å². The summed E-state index contributed by atoms with van der Waals surface area (Å²) in [6.07, 6.45) is 1.05. The van der Waals surface area contributed by atoms with E-state index in [1.807, 2.05) is 11.4 Å². The Morgan fingerprint density at radius 2 is 2.29 bits per heavy atom. The standard InChI is InChI=1S/C10H18N2OS/c1-12(2)5-3-6-13-9-4-7-14-10(9)8-11/h4,7H,3,5-6,8,11H2,1-2H3. The summed E-state index contributed by atoms with van der Waals surface area (Å²) in [6.45, 7) is 2.39. The topological polar surface area (TPSA) is 38.5 Å². The summed E-state index contributed by atoms with van der Waals surface area (Å²) < 4.78 is 5.62. The fraction of sp³-hybridized carbons (Fsp3) is 0.600. The van der Waals surface area contributed by atoms with E-state index < -0.39 is 0 Å². The van der Waals surface area contributed by atoms with Crippen molar-refractivity contribution < 1.29 is 4.74 Å². The fourth-order valence-electron chi connectivity index (χ4n) is 1.17. The molecule has 1 heterocycles. The molecule has 4 heteroatoms. The molecule has 1 rings (SSSR count). The van der Waals surface area contributed by atoms with Crippen molar-refractivity contribution in [3.63, 3.8) is 0 Å². The largest absolute Gasteiger partial charge is 0.492 e. The van der Waals surface area contributed by atoms with Gasteiger partial charge in [0, 0.05) is 13.1 Å². The number of hydrogen-bond acceptors (Lipinski definition) is 4. The third kappa shape index (κ3) is 3.65. The number of thiophene rings is 1. The van der Waals surface area contributed by atoms with Gasteiger partial charge in [-0.1, -0.05) is 0 Å². The van der Waals surface area contributed by atoms with Crippen LogP contribution in [0, 0.1) is 0 Å². The van der Waals surface area contributed by atoms with Crippen molar-refractivity contribution in [2.75, 3.05) is 27.2 Å². The summed E-state index contributed by atoms with van der Waals surface area (Å²) in [4.78, 5) is 3.29. The lowest BCUT2D eigenvalue weighted by Crippen LogP contribution is -2.15. The minimum atomic E-state index is 0.570. The van der Waals surface area contributed by atoms with Crippen LogP contribution in [0.4, 0.5) is 0 Å². The molecule has 0 radical (unpaired) electrons. The molecule has 0 aliphatic carbocycles. The Labute approximate surface area is 89.5 Å². The molecule has 80 valence electrons. The molecule has 0 saturated carbocycles. The van der Waals surface area contributed by atoms with Crippen LogP contribution in [0.15, 0.2) is 11.4 Å². The molecule has 0 aromatic carbocycles. The van der Waals surface area contributed by atoms with E-state index in [1.165, 1.54) is 0 Å². The molecule has 0 unspecified atom stereocenters. The van der Waals surface area contributed by atoms with Gasteiger partial charge in [-0.05, 0) is 32.0 Å². The van der Waals surface area contributed by atoms with Crippen LogP contribution < -0.4 is 10.5 Å². The first-order valence-corrected chi connectivity index (χ1v) is 5.66. The molecule has 0 atom stereocenters. The van der Waals surface area contributed by atoms with Crippen LogP contribution >= 0.6 is 11.3 Å². The van der Waals surface area contributed by atoms with Crippen molar-refractivity contribution in [2.45, 2.75) is 13.0 Å². The first-order chi connectivity index (χ1) is 6.74. The fourth-order valence-corrected chi connectivity index (χ4v) is 1.86. The molecular weight excluding hydrogens is 196 g/mol. The number of ether oxygens (including phenoxy) is 1. The number of rotatable bonds is 6. The van der Waals surface area contributed by atoms with Gasteiger partial charge in [0.15, 0.2) is 0 Å². The van der Waals surface area contributed by atoms with Crippen molar-refractivity contribution in [3.05, 3.63) is 16.3 Å². The summed E-state index contributed by atoms with van der Waals surface area (Å²) in [5, 5.41) is 2.02. The molecule has 2 N–H and O–H groups in total.